The van der Waals surface area contributed by atoms with E-state index < -0.39 is 0 Å². The van der Waals surface area contributed by atoms with Gasteiger partial charge in [-0.2, -0.15) is 0 Å². The number of aromatic nitrogens is 3. The van der Waals surface area contributed by atoms with Gasteiger partial charge in [-0.05, 0) is 36.4 Å². The molecule has 1 aliphatic rings. The molecule has 28 heavy (non-hydrogen) atoms. The van der Waals surface area contributed by atoms with Crippen molar-refractivity contribution in [3.05, 3.63) is 69.0 Å². The Morgan fingerprint density at radius 1 is 1.36 bits per heavy atom. The molecule has 4 heterocycles. The Hall–Kier alpha value is -2.80. The SMILES string of the molecule is C[C@H](Cc1cccs1)C(=O)N1CC[C@H](c2cc(=O)[nH]c(-c3ccncc3)n2)C1. The van der Waals surface area contributed by atoms with Crippen molar-refractivity contribution in [3.63, 3.8) is 0 Å². The fourth-order valence-electron chi connectivity index (χ4n) is 3.66. The second-order valence-corrected chi connectivity index (χ2v) is 8.24. The van der Waals surface area contributed by atoms with E-state index in [1.807, 2.05) is 35.4 Å². The molecule has 0 saturated carbocycles. The van der Waals surface area contributed by atoms with Crippen molar-refractivity contribution in [2.45, 2.75) is 25.7 Å². The maximum absolute atomic E-state index is 12.8. The molecule has 0 bridgehead atoms. The van der Waals surface area contributed by atoms with E-state index >= 15 is 0 Å². The van der Waals surface area contributed by atoms with Gasteiger partial charge >= 0.3 is 0 Å². The van der Waals surface area contributed by atoms with Gasteiger partial charge in [0.15, 0.2) is 0 Å². The van der Waals surface area contributed by atoms with Crippen LogP contribution in [0.25, 0.3) is 11.4 Å². The average molecular weight is 395 g/mol. The van der Waals surface area contributed by atoms with Gasteiger partial charge in [-0.15, -0.1) is 11.3 Å². The maximum Gasteiger partial charge on any atom is 0.251 e. The number of likely N-dealkylation sites (tertiary alicyclic amines) is 1. The van der Waals surface area contributed by atoms with Crippen LogP contribution in [-0.4, -0.2) is 38.8 Å². The van der Waals surface area contributed by atoms with Crippen LogP contribution >= 0.6 is 11.3 Å². The number of nitrogens with zero attached hydrogens (tertiary/aromatic N) is 3. The molecular weight excluding hydrogens is 372 g/mol. The van der Waals surface area contributed by atoms with Gasteiger partial charge in [-0.1, -0.05) is 13.0 Å². The topological polar surface area (TPSA) is 79.0 Å². The van der Waals surface area contributed by atoms with Crippen molar-refractivity contribution >= 4 is 17.2 Å². The first-order valence-electron chi connectivity index (χ1n) is 9.43. The van der Waals surface area contributed by atoms with Gasteiger partial charge < -0.3 is 9.88 Å². The first-order valence-corrected chi connectivity index (χ1v) is 10.3. The summed E-state index contributed by atoms with van der Waals surface area (Å²) in [4.78, 5) is 39.6. The van der Waals surface area contributed by atoms with E-state index in [2.05, 4.69) is 21.0 Å². The molecule has 1 aliphatic heterocycles. The van der Waals surface area contributed by atoms with Crippen molar-refractivity contribution in [2.24, 2.45) is 5.92 Å². The number of nitrogens with one attached hydrogen (secondary N) is 1. The number of hydrogen-bond donors (Lipinski definition) is 1. The number of rotatable bonds is 5. The number of amides is 1. The molecule has 2 atom stereocenters. The second kappa shape index (κ2) is 8.06. The zero-order valence-electron chi connectivity index (χ0n) is 15.7. The maximum atomic E-state index is 12.8. The highest BCUT2D eigenvalue weighted by molar-refractivity contribution is 7.09. The van der Waals surface area contributed by atoms with Gasteiger partial charge in [0.25, 0.3) is 5.56 Å². The Bertz CT molecular complexity index is 1000. The molecule has 7 heteroatoms. The summed E-state index contributed by atoms with van der Waals surface area (Å²) in [6.45, 7) is 3.31. The lowest BCUT2D eigenvalue weighted by atomic mass is 10.0. The smallest absolute Gasteiger partial charge is 0.251 e. The molecule has 0 radical (unpaired) electrons. The van der Waals surface area contributed by atoms with Crippen LogP contribution in [0.15, 0.2) is 52.9 Å². The Morgan fingerprint density at radius 3 is 2.93 bits per heavy atom. The minimum atomic E-state index is -0.173. The molecule has 3 aromatic rings. The third-order valence-electron chi connectivity index (χ3n) is 5.14. The molecule has 1 N–H and O–H groups in total. The lowest BCUT2D eigenvalue weighted by molar-refractivity contribution is -0.133. The number of thiophene rings is 1. The fourth-order valence-corrected chi connectivity index (χ4v) is 4.50. The molecule has 3 aromatic heterocycles. The van der Waals surface area contributed by atoms with E-state index in [1.165, 1.54) is 4.88 Å². The van der Waals surface area contributed by atoms with Crippen LogP contribution in [-0.2, 0) is 11.2 Å². The highest BCUT2D eigenvalue weighted by Gasteiger charge is 2.31. The Labute approximate surface area is 167 Å². The average Bonchev–Trinajstić information content (AvgIpc) is 3.40. The van der Waals surface area contributed by atoms with Gasteiger partial charge in [0, 0.05) is 53.8 Å². The summed E-state index contributed by atoms with van der Waals surface area (Å²) in [6, 6.07) is 9.28. The third kappa shape index (κ3) is 4.04. The molecule has 0 aliphatic carbocycles. The lowest BCUT2D eigenvalue weighted by Crippen LogP contribution is -2.34. The minimum absolute atomic E-state index is 0.0445. The van der Waals surface area contributed by atoms with E-state index in [4.69, 9.17) is 0 Å². The minimum Gasteiger partial charge on any atom is -0.342 e. The summed E-state index contributed by atoms with van der Waals surface area (Å²) in [6.07, 6.45) is 4.94. The largest absolute Gasteiger partial charge is 0.342 e. The predicted molar refractivity (Wildman–Crippen MR) is 109 cm³/mol. The van der Waals surface area contributed by atoms with Gasteiger partial charge in [-0.3, -0.25) is 14.6 Å². The monoisotopic (exact) mass is 394 g/mol. The first-order chi connectivity index (χ1) is 13.6. The molecule has 0 spiro atoms. The Kier molecular flexibility index (Phi) is 5.34. The number of carbonyl (C=O) groups excluding carboxylic acids is 1. The van der Waals surface area contributed by atoms with E-state index in [-0.39, 0.29) is 23.3 Å². The van der Waals surface area contributed by atoms with Crippen molar-refractivity contribution < 1.29 is 4.79 Å². The van der Waals surface area contributed by atoms with E-state index in [0.29, 0.717) is 18.9 Å². The van der Waals surface area contributed by atoms with Crippen molar-refractivity contribution in [1.82, 2.24) is 19.9 Å². The van der Waals surface area contributed by atoms with Crippen LogP contribution in [0.2, 0.25) is 0 Å². The van der Waals surface area contributed by atoms with Crippen LogP contribution in [0.5, 0.6) is 0 Å². The van der Waals surface area contributed by atoms with Gasteiger partial charge in [0.2, 0.25) is 5.91 Å². The van der Waals surface area contributed by atoms with Crippen LogP contribution in [0.4, 0.5) is 0 Å². The molecule has 144 valence electrons. The quantitative estimate of drug-likeness (QED) is 0.721. The molecule has 1 saturated heterocycles. The Morgan fingerprint density at radius 2 is 2.18 bits per heavy atom. The lowest BCUT2D eigenvalue weighted by Gasteiger charge is -2.20. The summed E-state index contributed by atoms with van der Waals surface area (Å²) in [5.41, 5.74) is 1.40. The van der Waals surface area contributed by atoms with Crippen LogP contribution in [0.1, 0.15) is 29.8 Å². The first kappa shape index (κ1) is 18.6. The van der Waals surface area contributed by atoms with Gasteiger partial charge in [0.05, 0.1) is 5.69 Å². The number of H-pyrrole nitrogens is 1. The van der Waals surface area contributed by atoms with Gasteiger partial charge in [-0.25, -0.2) is 4.98 Å². The third-order valence-corrected chi connectivity index (χ3v) is 6.04. The zero-order valence-corrected chi connectivity index (χ0v) is 16.5. The van der Waals surface area contributed by atoms with Gasteiger partial charge in [0.1, 0.15) is 5.82 Å². The predicted octanol–water partition coefficient (Wildman–Crippen LogP) is 3.09. The summed E-state index contributed by atoms with van der Waals surface area (Å²) < 4.78 is 0. The van der Waals surface area contributed by atoms with Crippen molar-refractivity contribution in [1.29, 1.82) is 0 Å². The van der Waals surface area contributed by atoms with Crippen molar-refractivity contribution in [3.8, 4) is 11.4 Å². The number of hydrogen-bond acceptors (Lipinski definition) is 5. The van der Waals surface area contributed by atoms with Crippen LogP contribution < -0.4 is 5.56 Å². The molecule has 4 rings (SSSR count). The summed E-state index contributed by atoms with van der Waals surface area (Å²) >= 11 is 1.69. The number of carbonyl (C=O) groups is 1. The van der Waals surface area contributed by atoms with Crippen molar-refractivity contribution in [2.75, 3.05) is 13.1 Å². The van der Waals surface area contributed by atoms with E-state index in [9.17, 15) is 9.59 Å². The molecule has 6 nitrogen and oxygen atoms in total. The standard InChI is InChI=1S/C21H22N4O2S/c1-14(11-17-3-2-10-28-17)21(27)25-9-6-16(13-25)18-12-19(26)24-20(23-18)15-4-7-22-8-5-15/h2-5,7-8,10,12,14,16H,6,9,11,13H2,1H3,(H,23,24,26)/t14-,16+/m1/s1. The summed E-state index contributed by atoms with van der Waals surface area (Å²) in [7, 11) is 0. The van der Waals surface area contributed by atoms with Crippen LogP contribution in [0, 0.1) is 5.92 Å². The number of aromatic amines is 1. The molecule has 0 unspecified atom stereocenters. The highest BCUT2D eigenvalue weighted by Crippen LogP contribution is 2.28. The number of pyridine rings is 1. The molecule has 1 amide bonds. The normalized spacial score (nSPS) is 17.6. The highest BCUT2D eigenvalue weighted by atomic mass is 32.1. The summed E-state index contributed by atoms with van der Waals surface area (Å²) in [5, 5.41) is 2.04. The van der Waals surface area contributed by atoms with E-state index in [1.54, 1.807) is 29.8 Å². The van der Waals surface area contributed by atoms with Crippen LogP contribution in [0.3, 0.4) is 0 Å². The second-order valence-electron chi connectivity index (χ2n) is 7.21. The molecule has 0 aromatic carbocycles. The zero-order chi connectivity index (χ0) is 19.5. The Balaban J connectivity index is 1.47. The fraction of sp³-hybridized carbons (Fsp3) is 0.333. The molecular formula is C21H22N4O2S. The summed E-state index contributed by atoms with van der Waals surface area (Å²) in [5.74, 6) is 0.758. The molecule has 1 fully saturated rings. The van der Waals surface area contributed by atoms with E-state index in [0.717, 1.165) is 24.1 Å².